The monoisotopic (exact) mass is 269 g/mol. The zero-order valence-electron chi connectivity index (χ0n) is 11.2. The highest BCUT2D eigenvalue weighted by atomic mass is 16.4. The van der Waals surface area contributed by atoms with Gasteiger partial charge in [0.1, 0.15) is 6.04 Å². The summed E-state index contributed by atoms with van der Waals surface area (Å²) in [5.74, 6) is -0.364. The minimum Gasteiger partial charge on any atom is -0.480 e. The zero-order chi connectivity index (χ0) is 14.1. The Kier molecular flexibility index (Phi) is 3.10. The van der Waals surface area contributed by atoms with E-state index in [1.807, 2.05) is 31.2 Å². The predicted octanol–water partition coefficient (Wildman–Crippen LogP) is 1.80. The van der Waals surface area contributed by atoms with Crippen LogP contribution in [0.3, 0.4) is 0 Å². The maximum Gasteiger partial charge on any atom is 0.326 e. The first kappa shape index (κ1) is 12.6. The molecular weight excluding hydrogens is 254 g/mol. The third kappa shape index (κ3) is 2.22. The maximum absolute atomic E-state index is 11.5. The molecule has 102 valence electrons. The summed E-state index contributed by atoms with van der Waals surface area (Å²) in [5, 5.41) is 9.47. The van der Waals surface area contributed by atoms with Gasteiger partial charge in [0.15, 0.2) is 0 Å². The van der Waals surface area contributed by atoms with Gasteiger partial charge in [-0.05, 0) is 24.1 Å². The van der Waals surface area contributed by atoms with Crippen LogP contribution in [0.2, 0.25) is 0 Å². The van der Waals surface area contributed by atoms with Crippen molar-refractivity contribution in [2.75, 3.05) is 4.90 Å². The molecule has 1 atom stereocenters. The number of rotatable bonds is 2. The molecule has 0 bridgehead atoms. The number of hydrogen-bond donors (Lipinski definition) is 1. The normalized spacial score (nSPS) is 17.6. The van der Waals surface area contributed by atoms with Gasteiger partial charge in [-0.1, -0.05) is 24.3 Å². The minimum atomic E-state index is -0.843. The van der Waals surface area contributed by atoms with Crippen molar-refractivity contribution in [1.82, 2.24) is 9.97 Å². The smallest absolute Gasteiger partial charge is 0.326 e. The van der Waals surface area contributed by atoms with E-state index in [1.165, 1.54) is 0 Å². The van der Waals surface area contributed by atoms with Crippen LogP contribution < -0.4 is 4.90 Å². The Morgan fingerprint density at radius 2 is 2.05 bits per heavy atom. The van der Waals surface area contributed by atoms with Crippen LogP contribution in [0.15, 0.2) is 36.5 Å². The number of nitrogens with zero attached hydrogens (tertiary/aromatic N) is 3. The molecule has 0 saturated heterocycles. The molecule has 0 fully saturated rings. The number of anilines is 1. The van der Waals surface area contributed by atoms with E-state index in [0.717, 1.165) is 16.8 Å². The van der Waals surface area contributed by atoms with E-state index in [-0.39, 0.29) is 0 Å². The molecule has 1 aromatic carbocycles. The van der Waals surface area contributed by atoms with Gasteiger partial charge in [-0.2, -0.15) is 0 Å². The van der Waals surface area contributed by atoms with Gasteiger partial charge in [0.2, 0.25) is 5.95 Å². The first-order chi connectivity index (χ1) is 9.65. The molecule has 0 aliphatic carbocycles. The lowest BCUT2D eigenvalue weighted by Gasteiger charge is -2.34. The molecule has 3 rings (SSSR count). The molecule has 5 nitrogen and oxygen atoms in total. The Bertz CT molecular complexity index is 657. The van der Waals surface area contributed by atoms with Gasteiger partial charge in [0, 0.05) is 24.9 Å². The topological polar surface area (TPSA) is 66.3 Å². The van der Waals surface area contributed by atoms with Crippen LogP contribution in [-0.4, -0.2) is 27.1 Å². The zero-order valence-corrected chi connectivity index (χ0v) is 11.2. The van der Waals surface area contributed by atoms with Crippen molar-refractivity contribution in [3.05, 3.63) is 53.3 Å². The number of carbonyl (C=O) groups is 1. The van der Waals surface area contributed by atoms with Crippen LogP contribution >= 0.6 is 0 Å². The fourth-order valence-corrected chi connectivity index (χ4v) is 2.53. The Morgan fingerprint density at radius 1 is 1.30 bits per heavy atom. The fourth-order valence-electron chi connectivity index (χ4n) is 2.53. The van der Waals surface area contributed by atoms with E-state index in [4.69, 9.17) is 0 Å². The van der Waals surface area contributed by atoms with Gasteiger partial charge in [-0.3, -0.25) is 0 Å². The second-order valence-corrected chi connectivity index (χ2v) is 4.95. The number of aryl methyl sites for hydroxylation is 1. The molecule has 2 aromatic rings. The molecule has 0 amide bonds. The lowest BCUT2D eigenvalue weighted by atomic mass is 9.94. The summed E-state index contributed by atoms with van der Waals surface area (Å²) < 4.78 is 0. The van der Waals surface area contributed by atoms with Gasteiger partial charge in [-0.15, -0.1) is 0 Å². The molecule has 0 spiro atoms. The highest BCUT2D eigenvalue weighted by molar-refractivity contribution is 5.78. The van der Waals surface area contributed by atoms with Gasteiger partial charge < -0.3 is 10.0 Å². The number of hydrogen-bond acceptors (Lipinski definition) is 4. The maximum atomic E-state index is 11.5. The van der Waals surface area contributed by atoms with Gasteiger partial charge in [-0.25, -0.2) is 14.8 Å². The fraction of sp³-hybridized carbons (Fsp3) is 0.267. The summed E-state index contributed by atoms with van der Waals surface area (Å²) in [7, 11) is 0. The van der Waals surface area contributed by atoms with Gasteiger partial charge >= 0.3 is 5.97 Å². The van der Waals surface area contributed by atoms with Crippen molar-refractivity contribution in [3.63, 3.8) is 0 Å². The Hall–Kier alpha value is -2.43. The SMILES string of the molecule is Cc1ccnc(N2Cc3ccccc3CC2C(=O)O)n1. The lowest BCUT2D eigenvalue weighted by molar-refractivity contribution is -0.138. The van der Waals surface area contributed by atoms with Crippen molar-refractivity contribution < 1.29 is 9.90 Å². The first-order valence-corrected chi connectivity index (χ1v) is 6.51. The Morgan fingerprint density at radius 3 is 2.75 bits per heavy atom. The van der Waals surface area contributed by atoms with Crippen molar-refractivity contribution in [2.45, 2.75) is 25.9 Å². The van der Waals surface area contributed by atoms with Crippen LogP contribution in [0.4, 0.5) is 5.95 Å². The number of aliphatic carboxylic acids is 1. The van der Waals surface area contributed by atoms with Gasteiger partial charge in [0.25, 0.3) is 0 Å². The number of carboxylic acids is 1. The minimum absolute atomic E-state index is 0.475. The van der Waals surface area contributed by atoms with Crippen LogP contribution in [0, 0.1) is 6.92 Å². The standard InChI is InChI=1S/C15H15N3O2/c1-10-6-7-16-15(17-10)18-9-12-5-3-2-4-11(12)8-13(18)14(19)20/h2-7,13H,8-9H2,1H3,(H,19,20). The van der Waals surface area contributed by atoms with Crippen LogP contribution in [-0.2, 0) is 17.8 Å². The molecule has 20 heavy (non-hydrogen) atoms. The molecular formula is C15H15N3O2. The molecule has 5 heteroatoms. The highest BCUT2D eigenvalue weighted by Crippen LogP contribution is 2.26. The number of carboxylic acid groups (broad SMARTS) is 1. The third-order valence-electron chi connectivity index (χ3n) is 3.57. The van der Waals surface area contributed by atoms with Crippen LogP contribution in [0.5, 0.6) is 0 Å². The summed E-state index contributed by atoms with van der Waals surface area (Å²) >= 11 is 0. The molecule has 0 radical (unpaired) electrons. The van der Waals surface area contributed by atoms with Crippen molar-refractivity contribution in [2.24, 2.45) is 0 Å². The third-order valence-corrected chi connectivity index (χ3v) is 3.57. The van der Waals surface area contributed by atoms with Crippen LogP contribution in [0.1, 0.15) is 16.8 Å². The molecule has 1 aliphatic heterocycles. The van der Waals surface area contributed by atoms with Gasteiger partial charge in [0.05, 0.1) is 0 Å². The summed E-state index contributed by atoms with van der Waals surface area (Å²) in [6, 6.07) is 9.10. The summed E-state index contributed by atoms with van der Waals surface area (Å²) in [5.41, 5.74) is 3.05. The Labute approximate surface area is 116 Å². The van der Waals surface area contributed by atoms with E-state index >= 15 is 0 Å². The first-order valence-electron chi connectivity index (χ1n) is 6.51. The quantitative estimate of drug-likeness (QED) is 0.900. The van der Waals surface area contributed by atoms with E-state index in [1.54, 1.807) is 17.2 Å². The summed E-state index contributed by atoms with van der Waals surface area (Å²) in [6.07, 6.45) is 2.14. The van der Waals surface area contributed by atoms with E-state index in [9.17, 15) is 9.90 Å². The Balaban J connectivity index is 2.02. The lowest BCUT2D eigenvalue weighted by Crippen LogP contribution is -2.46. The van der Waals surface area contributed by atoms with Crippen molar-refractivity contribution in [1.29, 1.82) is 0 Å². The number of fused-ring (bicyclic) bond motifs is 1. The molecule has 1 N–H and O–H groups in total. The number of benzene rings is 1. The van der Waals surface area contributed by atoms with Crippen molar-refractivity contribution >= 4 is 11.9 Å². The second kappa shape index (κ2) is 4.92. The number of aromatic nitrogens is 2. The largest absolute Gasteiger partial charge is 0.480 e. The molecule has 2 heterocycles. The second-order valence-electron chi connectivity index (χ2n) is 4.95. The average molecular weight is 269 g/mol. The van der Waals surface area contributed by atoms with E-state index in [2.05, 4.69) is 9.97 Å². The highest BCUT2D eigenvalue weighted by Gasteiger charge is 2.32. The van der Waals surface area contributed by atoms with Crippen molar-refractivity contribution in [3.8, 4) is 0 Å². The molecule has 1 unspecified atom stereocenters. The summed E-state index contributed by atoms with van der Waals surface area (Å²) in [4.78, 5) is 21.9. The summed E-state index contributed by atoms with van der Waals surface area (Å²) in [6.45, 7) is 2.40. The molecule has 1 aromatic heterocycles. The average Bonchev–Trinajstić information content (AvgIpc) is 2.46. The van der Waals surface area contributed by atoms with E-state index < -0.39 is 12.0 Å². The van der Waals surface area contributed by atoms with E-state index in [0.29, 0.717) is 18.9 Å². The molecule has 1 aliphatic rings. The molecule has 0 saturated carbocycles. The van der Waals surface area contributed by atoms with Crippen LogP contribution in [0.25, 0.3) is 0 Å². The predicted molar refractivity (Wildman–Crippen MR) is 74.5 cm³/mol.